The summed E-state index contributed by atoms with van der Waals surface area (Å²) < 4.78 is 5.36. The number of ether oxygens (including phenoxy) is 1. The summed E-state index contributed by atoms with van der Waals surface area (Å²) in [6.07, 6.45) is 0. The highest BCUT2D eigenvalue weighted by Crippen LogP contribution is 2.07. The van der Waals surface area contributed by atoms with E-state index in [4.69, 9.17) is 4.74 Å². The fraction of sp³-hybridized carbons (Fsp3) is 0.143. The molecule has 2 nitrogen and oxygen atoms in total. The minimum absolute atomic E-state index is 0.577. The Morgan fingerprint density at radius 2 is 1.53 bits per heavy atom. The molecule has 0 amide bonds. The van der Waals surface area contributed by atoms with E-state index in [-0.39, 0.29) is 0 Å². The molecule has 0 radical (unpaired) electrons. The molecule has 0 unspecified atom stereocenters. The Morgan fingerprint density at radius 1 is 0.941 bits per heavy atom. The van der Waals surface area contributed by atoms with E-state index in [2.05, 4.69) is 0 Å². The van der Waals surface area contributed by atoms with Crippen molar-refractivity contribution in [2.24, 2.45) is 0 Å². The van der Waals surface area contributed by atoms with Gasteiger partial charge in [0.05, 0.1) is 6.61 Å². The maximum Gasteiger partial charge on any atom is 0.358 e. The number of benzene rings is 2. The van der Waals surface area contributed by atoms with Crippen molar-refractivity contribution in [3.63, 3.8) is 0 Å². The molecule has 0 aliphatic heterocycles. The minimum atomic E-state index is -0.577. The van der Waals surface area contributed by atoms with Gasteiger partial charge in [-0.1, -0.05) is 42.5 Å². The quantitative estimate of drug-likeness (QED) is 0.793. The second kappa shape index (κ2) is 5.55. The van der Waals surface area contributed by atoms with Gasteiger partial charge in [0.25, 0.3) is 0 Å². The summed E-state index contributed by atoms with van der Waals surface area (Å²) >= 11 is 0. The zero-order valence-electron chi connectivity index (χ0n) is 9.84. The van der Waals surface area contributed by atoms with Crippen LogP contribution in [0.15, 0.2) is 54.6 Å². The van der Waals surface area contributed by atoms with Crippen LogP contribution >= 0.6 is 0 Å². The van der Waals surface area contributed by atoms with Gasteiger partial charge in [-0.15, -0.1) is 0 Å². The van der Waals surface area contributed by atoms with E-state index in [0.717, 1.165) is 16.7 Å². The average Bonchev–Trinajstić information content (AvgIpc) is 2.40. The summed E-state index contributed by atoms with van der Waals surface area (Å²) in [6, 6.07) is 17.2. The normalized spacial score (nSPS) is 10.0. The van der Waals surface area contributed by atoms with Gasteiger partial charge >= 0.3 is 6.92 Å². The van der Waals surface area contributed by atoms with Gasteiger partial charge in [-0.3, -0.25) is 0 Å². The Bertz CT molecular complexity index is 453. The highest BCUT2D eigenvalue weighted by Gasteiger charge is 2.15. The third kappa shape index (κ3) is 2.89. The average molecular weight is 226 g/mol. The lowest BCUT2D eigenvalue weighted by molar-refractivity contribution is 0.340. The summed E-state index contributed by atoms with van der Waals surface area (Å²) in [7, 11) is 0. The second-order valence-electron chi connectivity index (χ2n) is 3.82. The van der Waals surface area contributed by atoms with Crippen molar-refractivity contribution in [2.75, 3.05) is 6.61 Å². The molecule has 3 heteroatoms. The molecule has 2 aromatic rings. The SMILES string of the molecule is CCOc1ccc(B(O)c2ccccc2)cc1. The standard InChI is InChI=1S/C14H15BO2/c1-2-17-14-10-8-13(9-11-14)15(16)12-6-4-3-5-7-12/h3-11,16H,2H2,1H3. The zero-order chi connectivity index (χ0) is 12.1. The van der Waals surface area contributed by atoms with Crippen molar-refractivity contribution in [3.8, 4) is 5.75 Å². The van der Waals surface area contributed by atoms with Crippen LogP contribution in [0.4, 0.5) is 0 Å². The Morgan fingerprint density at radius 3 is 2.12 bits per heavy atom. The molecule has 0 heterocycles. The highest BCUT2D eigenvalue weighted by atomic mass is 16.5. The molecule has 0 saturated heterocycles. The number of hydrogen-bond donors (Lipinski definition) is 1. The fourth-order valence-electron chi connectivity index (χ4n) is 1.74. The predicted octanol–water partition coefficient (Wildman–Crippen LogP) is 1.18. The fourth-order valence-corrected chi connectivity index (χ4v) is 1.74. The van der Waals surface area contributed by atoms with Crippen LogP contribution in [-0.4, -0.2) is 18.5 Å². The second-order valence-corrected chi connectivity index (χ2v) is 3.82. The Kier molecular flexibility index (Phi) is 3.83. The van der Waals surface area contributed by atoms with Crippen LogP contribution in [0.2, 0.25) is 0 Å². The Hall–Kier alpha value is -1.74. The summed E-state index contributed by atoms with van der Waals surface area (Å²) in [5.41, 5.74) is 1.77. The third-order valence-electron chi connectivity index (χ3n) is 2.62. The molecule has 0 aromatic heterocycles. The van der Waals surface area contributed by atoms with Crippen LogP contribution in [0.25, 0.3) is 0 Å². The van der Waals surface area contributed by atoms with Crippen LogP contribution in [0.1, 0.15) is 6.92 Å². The monoisotopic (exact) mass is 226 g/mol. The van der Waals surface area contributed by atoms with Gasteiger partial charge < -0.3 is 9.76 Å². The van der Waals surface area contributed by atoms with Gasteiger partial charge in [0.15, 0.2) is 0 Å². The molecule has 0 saturated carbocycles. The molecule has 2 rings (SSSR count). The lowest BCUT2D eigenvalue weighted by Gasteiger charge is -2.08. The van der Waals surface area contributed by atoms with E-state index in [1.807, 2.05) is 61.5 Å². The molecule has 1 N–H and O–H groups in total. The first-order valence-electron chi connectivity index (χ1n) is 5.77. The lowest BCUT2D eigenvalue weighted by atomic mass is 9.56. The molecule has 0 atom stereocenters. The van der Waals surface area contributed by atoms with Gasteiger partial charge in [-0.25, -0.2) is 0 Å². The van der Waals surface area contributed by atoms with Crippen molar-refractivity contribution in [1.29, 1.82) is 0 Å². The van der Waals surface area contributed by atoms with E-state index in [9.17, 15) is 5.02 Å². The maximum atomic E-state index is 10.2. The molecule has 2 aromatic carbocycles. The first-order valence-corrected chi connectivity index (χ1v) is 5.77. The smallest absolute Gasteiger partial charge is 0.358 e. The number of rotatable bonds is 4. The topological polar surface area (TPSA) is 29.5 Å². The van der Waals surface area contributed by atoms with E-state index in [1.165, 1.54) is 0 Å². The summed E-state index contributed by atoms with van der Waals surface area (Å²) in [4.78, 5) is 0. The molecule has 86 valence electrons. The van der Waals surface area contributed by atoms with E-state index >= 15 is 0 Å². The summed E-state index contributed by atoms with van der Waals surface area (Å²) in [6.45, 7) is 2.03. The van der Waals surface area contributed by atoms with Gasteiger partial charge in [-0.2, -0.15) is 0 Å². The first kappa shape index (κ1) is 11.7. The summed E-state index contributed by atoms with van der Waals surface area (Å²) in [5.74, 6) is 0.830. The lowest BCUT2D eigenvalue weighted by Crippen LogP contribution is -2.41. The maximum absolute atomic E-state index is 10.2. The molecule has 0 fully saturated rings. The van der Waals surface area contributed by atoms with Gasteiger partial charge in [0, 0.05) is 0 Å². The van der Waals surface area contributed by atoms with E-state index < -0.39 is 6.92 Å². The van der Waals surface area contributed by atoms with E-state index in [0.29, 0.717) is 6.61 Å². The third-order valence-corrected chi connectivity index (χ3v) is 2.62. The largest absolute Gasteiger partial charge is 0.494 e. The molecular formula is C14H15BO2. The van der Waals surface area contributed by atoms with Gasteiger partial charge in [0.1, 0.15) is 5.75 Å². The van der Waals surface area contributed by atoms with Crippen LogP contribution in [-0.2, 0) is 0 Å². The first-order chi connectivity index (χ1) is 8.31. The molecule has 17 heavy (non-hydrogen) atoms. The Balaban J connectivity index is 2.17. The molecule has 0 aliphatic carbocycles. The van der Waals surface area contributed by atoms with Crippen molar-refractivity contribution in [1.82, 2.24) is 0 Å². The molecule has 0 aliphatic rings. The number of hydrogen-bond acceptors (Lipinski definition) is 2. The van der Waals surface area contributed by atoms with Crippen molar-refractivity contribution < 1.29 is 9.76 Å². The molecular weight excluding hydrogens is 211 g/mol. The van der Waals surface area contributed by atoms with Crippen molar-refractivity contribution >= 4 is 17.8 Å². The van der Waals surface area contributed by atoms with Crippen LogP contribution in [0.5, 0.6) is 5.75 Å². The molecule has 0 bridgehead atoms. The van der Waals surface area contributed by atoms with Crippen LogP contribution in [0, 0.1) is 0 Å². The minimum Gasteiger partial charge on any atom is -0.494 e. The Labute approximate surface area is 102 Å². The van der Waals surface area contributed by atoms with Crippen LogP contribution < -0.4 is 15.7 Å². The summed E-state index contributed by atoms with van der Waals surface area (Å²) in [5, 5.41) is 10.2. The van der Waals surface area contributed by atoms with Crippen molar-refractivity contribution in [3.05, 3.63) is 54.6 Å². The van der Waals surface area contributed by atoms with Gasteiger partial charge in [0.2, 0.25) is 0 Å². The van der Waals surface area contributed by atoms with E-state index in [1.54, 1.807) is 0 Å². The molecule has 0 spiro atoms. The van der Waals surface area contributed by atoms with Crippen LogP contribution in [0.3, 0.4) is 0 Å². The predicted molar refractivity (Wildman–Crippen MR) is 71.3 cm³/mol. The zero-order valence-corrected chi connectivity index (χ0v) is 9.84. The highest BCUT2D eigenvalue weighted by molar-refractivity contribution is 6.78. The van der Waals surface area contributed by atoms with Gasteiger partial charge in [-0.05, 0) is 30.0 Å². The van der Waals surface area contributed by atoms with Crippen molar-refractivity contribution in [2.45, 2.75) is 6.92 Å².